The molecule has 0 radical (unpaired) electrons. The summed E-state index contributed by atoms with van der Waals surface area (Å²) in [6.45, 7) is 3.32. The van der Waals surface area contributed by atoms with Crippen LogP contribution in [0.15, 0.2) is 85.1 Å². The molecule has 4 heterocycles. The number of pyridine rings is 1. The van der Waals surface area contributed by atoms with Crippen LogP contribution in [0.1, 0.15) is 0 Å². The van der Waals surface area contributed by atoms with E-state index in [0.717, 1.165) is 53.6 Å². The molecule has 0 saturated carbocycles. The molecule has 0 spiro atoms. The van der Waals surface area contributed by atoms with Gasteiger partial charge in [-0.3, -0.25) is 4.98 Å². The van der Waals surface area contributed by atoms with Crippen molar-refractivity contribution < 1.29 is 4.39 Å². The number of nitrogens with zero attached hydrogens (tertiary/aromatic N) is 5. The molecule has 1 aliphatic heterocycles. The molecule has 1 aliphatic rings. The molecule has 0 N–H and O–H groups in total. The fraction of sp³-hybridized carbons (Fsp3) is 0.148. The lowest BCUT2D eigenvalue weighted by Gasteiger charge is -2.37. The van der Waals surface area contributed by atoms with Gasteiger partial charge in [0.05, 0.1) is 5.39 Å². The Morgan fingerprint density at radius 1 is 0.765 bits per heavy atom. The highest BCUT2D eigenvalue weighted by molar-refractivity contribution is 7.22. The summed E-state index contributed by atoms with van der Waals surface area (Å²) in [5, 5.41) is 1.07. The second-order valence-corrected chi connectivity index (χ2v) is 9.26. The minimum Gasteiger partial charge on any atom is -0.368 e. The highest BCUT2D eigenvalue weighted by Gasteiger charge is 2.23. The zero-order chi connectivity index (χ0) is 22.9. The normalized spacial score (nSPS) is 14.0. The zero-order valence-corrected chi connectivity index (χ0v) is 19.3. The number of hydrogen-bond acceptors (Lipinski definition) is 6. The summed E-state index contributed by atoms with van der Waals surface area (Å²) in [7, 11) is 0. The Bertz CT molecular complexity index is 1410. The summed E-state index contributed by atoms with van der Waals surface area (Å²) in [4.78, 5) is 21.1. The zero-order valence-electron chi connectivity index (χ0n) is 18.4. The van der Waals surface area contributed by atoms with E-state index in [0.29, 0.717) is 5.82 Å². The molecular formula is C27H22FN5S. The summed E-state index contributed by atoms with van der Waals surface area (Å²) in [5.41, 5.74) is 2.99. The van der Waals surface area contributed by atoms with Gasteiger partial charge in [0.1, 0.15) is 22.2 Å². The van der Waals surface area contributed by atoms with Crippen LogP contribution in [-0.4, -0.2) is 41.1 Å². The van der Waals surface area contributed by atoms with E-state index in [1.54, 1.807) is 17.5 Å². The maximum Gasteiger partial charge on any atom is 0.181 e. The fourth-order valence-electron chi connectivity index (χ4n) is 4.33. The van der Waals surface area contributed by atoms with Gasteiger partial charge in [0, 0.05) is 42.9 Å². The van der Waals surface area contributed by atoms with Gasteiger partial charge < -0.3 is 9.80 Å². The highest BCUT2D eigenvalue weighted by atomic mass is 32.1. The van der Waals surface area contributed by atoms with Crippen molar-refractivity contribution in [1.29, 1.82) is 0 Å². The van der Waals surface area contributed by atoms with E-state index in [4.69, 9.17) is 9.97 Å². The van der Waals surface area contributed by atoms with Crippen molar-refractivity contribution in [2.75, 3.05) is 36.0 Å². The van der Waals surface area contributed by atoms with Gasteiger partial charge in [0.15, 0.2) is 5.82 Å². The van der Waals surface area contributed by atoms with E-state index in [1.807, 2.05) is 36.4 Å². The number of halogens is 1. The molecule has 1 fully saturated rings. The predicted molar refractivity (Wildman–Crippen MR) is 137 cm³/mol. The van der Waals surface area contributed by atoms with E-state index < -0.39 is 0 Å². The Balaban J connectivity index is 1.38. The molecule has 6 rings (SSSR count). The summed E-state index contributed by atoms with van der Waals surface area (Å²) in [5.74, 6) is 1.38. The second kappa shape index (κ2) is 8.83. The van der Waals surface area contributed by atoms with Gasteiger partial charge in [-0.25, -0.2) is 14.4 Å². The first kappa shape index (κ1) is 20.7. The number of hydrogen-bond donors (Lipinski definition) is 0. The Labute approximate surface area is 201 Å². The van der Waals surface area contributed by atoms with Gasteiger partial charge in [-0.2, -0.15) is 0 Å². The standard InChI is InChI=1S/C27H22FN5S/c28-20-9-11-21(12-10-20)32-14-16-33(17-15-32)26-22-18-24(19-6-2-1-3-7-19)34-27(22)31-25(30-26)23-8-4-5-13-29-23/h1-13,18H,14-17H2. The monoisotopic (exact) mass is 467 g/mol. The molecule has 5 aromatic rings. The third kappa shape index (κ3) is 3.99. The van der Waals surface area contributed by atoms with Crippen LogP contribution >= 0.6 is 11.3 Å². The number of rotatable bonds is 4. The van der Waals surface area contributed by atoms with Gasteiger partial charge in [0.2, 0.25) is 0 Å². The van der Waals surface area contributed by atoms with E-state index in [-0.39, 0.29) is 5.82 Å². The van der Waals surface area contributed by atoms with Gasteiger partial charge in [-0.05, 0) is 48.0 Å². The number of benzene rings is 2. The third-order valence-electron chi connectivity index (χ3n) is 6.10. The Hall–Kier alpha value is -3.84. The van der Waals surface area contributed by atoms with E-state index >= 15 is 0 Å². The molecule has 0 bridgehead atoms. The maximum absolute atomic E-state index is 13.3. The van der Waals surface area contributed by atoms with Crippen LogP contribution in [0.5, 0.6) is 0 Å². The van der Waals surface area contributed by atoms with E-state index in [9.17, 15) is 4.39 Å². The number of anilines is 2. The average molecular weight is 468 g/mol. The molecule has 168 valence electrons. The number of fused-ring (bicyclic) bond motifs is 1. The van der Waals surface area contributed by atoms with Crippen LogP contribution in [0.25, 0.3) is 32.2 Å². The molecule has 0 unspecified atom stereocenters. The number of piperazine rings is 1. The summed E-state index contributed by atoms with van der Waals surface area (Å²) >= 11 is 1.68. The Kier molecular flexibility index (Phi) is 5.39. The minimum absolute atomic E-state index is 0.209. The van der Waals surface area contributed by atoms with E-state index in [2.05, 4.69) is 45.1 Å². The molecule has 5 nitrogen and oxygen atoms in total. The van der Waals surface area contributed by atoms with Crippen LogP contribution < -0.4 is 9.80 Å². The number of thiophene rings is 1. The topological polar surface area (TPSA) is 45.2 Å². The van der Waals surface area contributed by atoms with Crippen LogP contribution in [0.4, 0.5) is 15.9 Å². The highest BCUT2D eigenvalue weighted by Crippen LogP contribution is 2.38. The molecule has 3 aromatic heterocycles. The Morgan fingerprint density at radius 2 is 1.50 bits per heavy atom. The van der Waals surface area contributed by atoms with Crippen molar-refractivity contribution in [2.24, 2.45) is 0 Å². The molecule has 1 saturated heterocycles. The molecular weight excluding hydrogens is 445 g/mol. The van der Waals surface area contributed by atoms with Gasteiger partial charge in [-0.15, -0.1) is 11.3 Å². The first-order valence-electron chi connectivity index (χ1n) is 11.3. The SMILES string of the molecule is Fc1ccc(N2CCN(c3nc(-c4ccccn4)nc4sc(-c5ccccc5)cc34)CC2)cc1. The van der Waals surface area contributed by atoms with Crippen molar-refractivity contribution in [3.63, 3.8) is 0 Å². The largest absolute Gasteiger partial charge is 0.368 e. The van der Waals surface area contributed by atoms with Crippen molar-refractivity contribution in [3.8, 4) is 22.0 Å². The van der Waals surface area contributed by atoms with Crippen LogP contribution in [0.3, 0.4) is 0 Å². The lowest BCUT2D eigenvalue weighted by Crippen LogP contribution is -2.47. The fourth-order valence-corrected chi connectivity index (χ4v) is 5.36. The minimum atomic E-state index is -0.209. The van der Waals surface area contributed by atoms with Gasteiger partial charge in [-0.1, -0.05) is 36.4 Å². The van der Waals surface area contributed by atoms with Crippen molar-refractivity contribution >= 4 is 33.1 Å². The maximum atomic E-state index is 13.3. The van der Waals surface area contributed by atoms with Crippen LogP contribution in [0, 0.1) is 5.82 Å². The molecule has 34 heavy (non-hydrogen) atoms. The van der Waals surface area contributed by atoms with Gasteiger partial charge in [0.25, 0.3) is 0 Å². The lowest BCUT2D eigenvalue weighted by molar-refractivity contribution is 0.624. The summed E-state index contributed by atoms with van der Waals surface area (Å²) < 4.78 is 13.3. The molecule has 2 aromatic carbocycles. The predicted octanol–water partition coefficient (Wildman–Crippen LogP) is 5.89. The van der Waals surface area contributed by atoms with E-state index in [1.165, 1.54) is 22.6 Å². The van der Waals surface area contributed by atoms with Crippen molar-refractivity contribution in [2.45, 2.75) is 0 Å². The molecule has 7 heteroatoms. The van der Waals surface area contributed by atoms with Gasteiger partial charge >= 0.3 is 0 Å². The van der Waals surface area contributed by atoms with Crippen LogP contribution in [-0.2, 0) is 0 Å². The third-order valence-corrected chi connectivity index (χ3v) is 7.17. The lowest BCUT2D eigenvalue weighted by atomic mass is 10.1. The quantitative estimate of drug-likeness (QED) is 0.330. The smallest absolute Gasteiger partial charge is 0.181 e. The first-order valence-corrected chi connectivity index (χ1v) is 12.1. The Morgan fingerprint density at radius 3 is 2.24 bits per heavy atom. The van der Waals surface area contributed by atoms with Crippen molar-refractivity contribution in [1.82, 2.24) is 15.0 Å². The summed E-state index contributed by atoms with van der Waals surface area (Å²) in [6.07, 6.45) is 1.77. The first-order chi connectivity index (χ1) is 16.7. The average Bonchev–Trinajstić information content (AvgIpc) is 3.34. The molecule has 0 aliphatic carbocycles. The molecule has 0 amide bonds. The second-order valence-electron chi connectivity index (χ2n) is 8.23. The summed E-state index contributed by atoms with van der Waals surface area (Å²) in [6, 6.07) is 25.1. The molecule has 0 atom stereocenters. The van der Waals surface area contributed by atoms with Crippen molar-refractivity contribution in [3.05, 3.63) is 90.9 Å². The van der Waals surface area contributed by atoms with Crippen LogP contribution in [0.2, 0.25) is 0 Å². The number of aromatic nitrogens is 3.